The Bertz CT molecular complexity index is 1180. The summed E-state index contributed by atoms with van der Waals surface area (Å²) in [7, 11) is 0. The molecule has 0 spiro atoms. The van der Waals surface area contributed by atoms with Gasteiger partial charge in [0, 0.05) is 10.6 Å². The number of hydrogen-bond acceptors (Lipinski definition) is 3. The molecule has 4 aromatic rings. The normalized spacial score (nSPS) is 10.7. The molecule has 4 rings (SSSR count). The zero-order chi connectivity index (χ0) is 20.4. The van der Waals surface area contributed by atoms with E-state index < -0.39 is 5.91 Å². The number of aromatic nitrogens is 3. The maximum Gasteiger partial charge on any atom is 0.295 e. The summed E-state index contributed by atoms with van der Waals surface area (Å²) in [5, 5.41) is 7.79. The van der Waals surface area contributed by atoms with Gasteiger partial charge in [-0.3, -0.25) is 4.79 Å². The van der Waals surface area contributed by atoms with Gasteiger partial charge in [0.15, 0.2) is 5.82 Å². The van der Waals surface area contributed by atoms with Crippen LogP contribution in [-0.2, 0) is 0 Å². The van der Waals surface area contributed by atoms with Crippen molar-refractivity contribution in [3.63, 3.8) is 0 Å². The molecule has 3 aromatic carbocycles. The van der Waals surface area contributed by atoms with Crippen molar-refractivity contribution in [1.82, 2.24) is 14.8 Å². The summed E-state index contributed by atoms with van der Waals surface area (Å²) in [6.07, 6.45) is 0. The van der Waals surface area contributed by atoms with Crippen molar-refractivity contribution in [2.75, 3.05) is 5.32 Å². The van der Waals surface area contributed by atoms with Crippen LogP contribution in [0.2, 0.25) is 10.0 Å². The Morgan fingerprint density at radius 3 is 2.38 bits per heavy atom. The van der Waals surface area contributed by atoms with Gasteiger partial charge in [0.2, 0.25) is 5.82 Å². The number of anilines is 1. The van der Waals surface area contributed by atoms with Crippen LogP contribution in [0.15, 0.2) is 72.8 Å². The highest BCUT2D eigenvalue weighted by molar-refractivity contribution is 6.36. The lowest BCUT2D eigenvalue weighted by molar-refractivity contribution is 0.101. The lowest BCUT2D eigenvalue weighted by Gasteiger charge is -2.05. The highest BCUT2D eigenvalue weighted by atomic mass is 35.5. The van der Waals surface area contributed by atoms with Crippen LogP contribution in [0.5, 0.6) is 0 Å². The summed E-state index contributed by atoms with van der Waals surface area (Å²) in [6.45, 7) is 0. The van der Waals surface area contributed by atoms with E-state index in [1.807, 2.05) is 30.3 Å². The van der Waals surface area contributed by atoms with E-state index >= 15 is 0 Å². The van der Waals surface area contributed by atoms with Gasteiger partial charge in [-0.15, -0.1) is 5.10 Å². The lowest BCUT2D eigenvalue weighted by Crippen LogP contribution is -2.14. The third-order valence-corrected chi connectivity index (χ3v) is 4.64. The summed E-state index contributed by atoms with van der Waals surface area (Å²) < 4.78 is 14.9. The molecule has 1 amide bonds. The monoisotopic (exact) mass is 426 g/mol. The molecule has 0 saturated carbocycles. The van der Waals surface area contributed by atoms with Crippen LogP contribution in [0, 0.1) is 5.82 Å². The number of nitrogens with zero attached hydrogens (tertiary/aromatic N) is 3. The quantitative estimate of drug-likeness (QED) is 0.459. The van der Waals surface area contributed by atoms with E-state index in [9.17, 15) is 9.18 Å². The van der Waals surface area contributed by atoms with Gasteiger partial charge in [-0.1, -0.05) is 41.4 Å². The van der Waals surface area contributed by atoms with Crippen molar-refractivity contribution in [2.24, 2.45) is 0 Å². The molecule has 0 aliphatic carbocycles. The van der Waals surface area contributed by atoms with Crippen LogP contribution in [0.4, 0.5) is 10.1 Å². The van der Waals surface area contributed by atoms with Crippen LogP contribution in [0.1, 0.15) is 10.6 Å². The standard InChI is InChI=1S/C21H13Cl2FN4O/c22-14-8-11-18(17(23)12-14)25-21(29)19-26-20(13-6-9-15(24)10-7-13)28(27-19)16-4-2-1-3-5-16/h1-12H,(H,25,29). The first-order chi connectivity index (χ1) is 14.0. The number of halogens is 3. The van der Waals surface area contributed by atoms with E-state index in [0.717, 1.165) is 0 Å². The fraction of sp³-hybridized carbons (Fsp3) is 0. The maximum absolute atomic E-state index is 13.3. The van der Waals surface area contributed by atoms with Gasteiger partial charge in [0.05, 0.1) is 16.4 Å². The minimum Gasteiger partial charge on any atom is -0.318 e. The van der Waals surface area contributed by atoms with E-state index in [-0.39, 0.29) is 11.6 Å². The number of carbonyl (C=O) groups excluding carboxylic acids is 1. The second-order valence-corrected chi connectivity index (χ2v) is 6.94. The minimum atomic E-state index is -0.535. The third-order valence-electron chi connectivity index (χ3n) is 4.09. The second kappa shape index (κ2) is 8.03. The van der Waals surface area contributed by atoms with Gasteiger partial charge in [-0.25, -0.2) is 14.1 Å². The third kappa shape index (κ3) is 4.13. The van der Waals surface area contributed by atoms with Gasteiger partial charge in [0.1, 0.15) is 5.82 Å². The molecular weight excluding hydrogens is 414 g/mol. The van der Waals surface area contributed by atoms with Crippen molar-refractivity contribution >= 4 is 34.8 Å². The van der Waals surface area contributed by atoms with Crippen LogP contribution >= 0.6 is 23.2 Å². The maximum atomic E-state index is 13.3. The Morgan fingerprint density at radius 1 is 0.966 bits per heavy atom. The Hall–Kier alpha value is -3.22. The first-order valence-electron chi connectivity index (χ1n) is 8.56. The molecule has 0 aliphatic rings. The van der Waals surface area contributed by atoms with Gasteiger partial charge in [0.25, 0.3) is 5.91 Å². The molecule has 0 atom stereocenters. The number of para-hydroxylation sites is 1. The van der Waals surface area contributed by atoms with E-state index in [0.29, 0.717) is 32.8 Å². The number of amides is 1. The Kier molecular flexibility index (Phi) is 5.29. The molecule has 8 heteroatoms. The molecule has 0 fully saturated rings. The molecule has 1 aromatic heterocycles. The SMILES string of the molecule is O=C(Nc1ccc(Cl)cc1Cl)c1nc(-c2ccc(F)cc2)n(-c2ccccc2)n1. The smallest absolute Gasteiger partial charge is 0.295 e. The molecule has 0 saturated heterocycles. The highest BCUT2D eigenvalue weighted by Gasteiger charge is 2.19. The molecule has 0 aliphatic heterocycles. The van der Waals surface area contributed by atoms with E-state index in [1.54, 1.807) is 24.3 Å². The lowest BCUT2D eigenvalue weighted by atomic mass is 10.2. The number of benzene rings is 3. The highest BCUT2D eigenvalue weighted by Crippen LogP contribution is 2.26. The van der Waals surface area contributed by atoms with E-state index in [4.69, 9.17) is 23.2 Å². The Labute approximate surface area is 175 Å². The van der Waals surface area contributed by atoms with Gasteiger partial charge in [-0.2, -0.15) is 0 Å². The number of rotatable bonds is 4. The van der Waals surface area contributed by atoms with E-state index in [1.165, 1.54) is 22.9 Å². The molecule has 0 radical (unpaired) electrons. The Morgan fingerprint density at radius 2 is 1.69 bits per heavy atom. The molecular formula is C21H13Cl2FN4O. The van der Waals surface area contributed by atoms with Crippen molar-refractivity contribution in [1.29, 1.82) is 0 Å². The Balaban J connectivity index is 1.74. The molecule has 29 heavy (non-hydrogen) atoms. The minimum absolute atomic E-state index is 0.0563. The predicted molar refractivity (Wildman–Crippen MR) is 111 cm³/mol. The first-order valence-corrected chi connectivity index (χ1v) is 9.32. The van der Waals surface area contributed by atoms with Gasteiger partial charge < -0.3 is 5.32 Å². The largest absolute Gasteiger partial charge is 0.318 e. The molecule has 5 nitrogen and oxygen atoms in total. The summed E-state index contributed by atoms with van der Waals surface area (Å²) >= 11 is 12.0. The summed E-state index contributed by atoms with van der Waals surface area (Å²) in [6, 6.07) is 19.8. The average molecular weight is 427 g/mol. The fourth-order valence-corrected chi connectivity index (χ4v) is 3.17. The fourth-order valence-electron chi connectivity index (χ4n) is 2.71. The first kappa shape index (κ1) is 19.1. The van der Waals surface area contributed by atoms with Crippen molar-refractivity contribution in [3.05, 3.63) is 94.5 Å². The summed E-state index contributed by atoms with van der Waals surface area (Å²) in [5.74, 6) is -0.551. The molecule has 1 N–H and O–H groups in total. The topological polar surface area (TPSA) is 59.8 Å². The average Bonchev–Trinajstić information content (AvgIpc) is 3.17. The predicted octanol–water partition coefficient (Wildman–Crippen LogP) is 5.63. The number of nitrogens with one attached hydrogen (secondary N) is 1. The molecule has 0 bridgehead atoms. The van der Waals surface area contributed by atoms with Crippen molar-refractivity contribution < 1.29 is 9.18 Å². The van der Waals surface area contributed by atoms with Crippen molar-refractivity contribution in [2.45, 2.75) is 0 Å². The summed E-state index contributed by atoms with van der Waals surface area (Å²) in [4.78, 5) is 17.1. The molecule has 1 heterocycles. The van der Waals surface area contributed by atoms with Gasteiger partial charge in [-0.05, 0) is 54.6 Å². The number of carbonyl (C=O) groups is 1. The van der Waals surface area contributed by atoms with Gasteiger partial charge >= 0.3 is 0 Å². The second-order valence-electron chi connectivity index (χ2n) is 6.09. The van der Waals surface area contributed by atoms with Crippen LogP contribution in [0.3, 0.4) is 0 Å². The molecule has 0 unspecified atom stereocenters. The van der Waals surface area contributed by atoms with E-state index in [2.05, 4.69) is 15.4 Å². The van der Waals surface area contributed by atoms with Crippen molar-refractivity contribution in [3.8, 4) is 17.1 Å². The van der Waals surface area contributed by atoms with Crippen LogP contribution < -0.4 is 5.32 Å². The van der Waals surface area contributed by atoms with Crippen LogP contribution in [0.25, 0.3) is 17.1 Å². The molecule has 144 valence electrons. The number of hydrogen-bond donors (Lipinski definition) is 1. The van der Waals surface area contributed by atoms with Crippen LogP contribution in [-0.4, -0.2) is 20.7 Å². The zero-order valence-corrected chi connectivity index (χ0v) is 16.3. The zero-order valence-electron chi connectivity index (χ0n) is 14.8. The summed E-state index contributed by atoms with van der Waals surface area (Å²) in [5.41, 5.74) is 1.72.